The van der Waals surface area contributed by atoms with Gasteiger partial charge in [-0.05, 0) is 42.8 Å². The molecule has 0 bridgehead atoms. The Morgan fingerprint density at radius 1 is 1.10 bits per heavy atom. The molecule has 2 aromatic carbocycles. The lowest BCUT2D eigenvalue weighted by molar-refractivity contribution is 0.305. The minimum atomic E-state index is 0.555. The van der Waals surface area contributed by atoms with Crippen molar-refractivity contribution in [2.75, 3.05) is 6.54 Å². The van der Waals surface area contributed by atoms with E-state index in [0.717, 1.165) is 39.8 Å². The first-order valence-electron chi connectivity index (χ1n) is 7.05. The van der Waals surface area contributed by atoms with Crippen LogP contribution in [0.25, 0.3) is 0 Å². The molecule has 21 heavy (non-hydrogen) atoms. The van der Waals surface area contributed by atoms with Gasteiger partial charge < -0.3 is 10.1 Å². The lowest BCUT2D eigenvalue weighted by atomic mass is 10.1. The fourth-order valence-corrected chi connectivity index (χ4v) is 2.86. The van der Waals surface area contributed by atoms with Gasteiger partial charge in [0.05, 0.1) is 0 Å². The first-order chi connectivity index (χ1) is 10.2. The summed E-state index contributed by atoms with van der Waals surface area (Å²) in [6, 6.07) is 14.3. The number of halogens is 2. The summed E-state index contributed by atoms with van der Waals surface area (Å²) in [5.41, 5.74) is 2.43. The molecule has 0 heterocycles. The average Bonchev–Trinajstić information content (AvgIpc) is 2.47. The summed E-state index contributed by atoms with van der Waals surface area (Å²) in [5.74, 6) is 0.866. The summed E-state index contributed by atoms with van der Waals surface area (Å²) < 4.78 is 7.93. The summed E-state index contributed by atoms with van der Waals surface area (Å²) in [6.07, 6.45) is 1.15. The molecule has 0 unspecified atom stereocenters. The van der Waals surface area contributed by atoms with E-state index >= 15 is 0 Å². The smallest absolute Gasteiger partial charge is 0.120 e. The van der Waals surface area contributed by atoms with Crippen LogP contribution in [0, 0.1) is 0 Å². The highest BCUT2D eigenvalue weighted by molar-refractivity contribution is 9.10. The van der Waals surface area contributed by atoms with Crippen molar-refractivity contribution >= 4 is 31.9 Å². The minimum Gasteiger partial charge on any atom is -0.489 e. The lowest BCUT2D eigenvalue weighted by Crippen LogP contribution is -2.13. The number of benzene rings is 2. The van der Waals surface area contributed by atoms with Gasteiger partial charge in [-0.15, -0.1) is 0 Å². The molecule has 1 N–H and O–H groups in total. The zero-order valence-corrected chi connectivity index (χ0v) is 15.2. The van der Waals surface area contributed by atoms with E-state index in [-0.39, 0.29) is 0 Å². The van der Waals surface area contributed by atoms with Gasteiger partial charge >= 0.3 is 0 Å². The van der Waals surface area contributed by atoms with Gasteiger partial charge in [0.25, 0.3) is 0 Å². The predicted octanol–water partition coefficient (Wildman–Crippen LogP) is 5.29. The van der Waals surface area contributed by atoms with E-state index in [1.165, 1.54) is 5.56 Å². The van der Waals surface area contributed by atoms with Gasteiger partial charge in [-0.3, -0.25) is 0 Å². The van der Waals surface area contributed by atoms with E-state index in [1.54, 1.807) is 0 Å². The van der Waals surface area contributed by atoms with Crippen LogP contribution in [-0.2, 0) is 13.2 Å². The third-order valence-electron chi connectivity index (χ3n) is 3.06. The van der Waals surface area contributed by atoms with E-state index in [2.05, 4.69) is 62.3 Å². The van der Waals surface area contributed by atoms with Crippen molar-refractivity contribution < 1.29 is 4.74 Å². The maximum Gasteiger partial charge on any atom is 0.120 e. The number of rotatable bonds is 7. The molecule has 0 fully saturated rings. The van der Waals surface area contributed by atoms with Crippen molar-refractivity contribution in [1.82, 2.24) is 5.32 Å². The molecule has 0 spiro atoms. The van der Waals surface area contributed by atoms with Gasteiger partial charge in [0.2, 0.25) is 0 Å². The topological polar surface area (TPSA) is 21.3 Å². The molecule has 0 atom stereocenters. The summed E-state index contributed by atoms with van der Waals surface area (Å²) in [7, 11) is 0. The standard InChI is InChI=1S/C17H19Br2NO/c1-2-8-20-11-13-6-7-14(17(19)9-13)12-21-16-5-3-4-15(18)10-16/h3-7,9-10,20H,2,8,11-12H2,1H3. The maximum atomic E-state index is 5.82. The number of nitrogens with one attached hydrogen (secondary N) is 1. The third-order valence-corrected chi connectivity index (χ3v) is 4.30. The zero-order chi connectivity index (χ0) is 15.1. The Labute approximate surface area is 143 Å². The Balaban J connectivity index is 1.94. The van der Waals surface area contributed by atoms with Crippen molar-refractivity contribution in [3.8, 4) is 5.75 Å². The van der Waals surface area contributed by atoms with E-state index in [9.17, 15) is 0 Å². The summed E-state index contributed by atoms with van der Waals surface area (Å²) in [4.78, 5) is 0. The molecule has 2 rings (SSSR count). The van der Waals surface area contributed by atoms with Crippen molar-refractivity contribution in [2.24, 2.45) is 0 Å². The molecule has 0 aliphatic heterocycles. The first kappa shape index (κ1) is 16.5. The second-order valence-electron chi connectivity index (χ2n) is 4.85. The molecular formula is C17H19Br2NO. The second-order valence-corrected chi connectivity index (χ2v) is 6.62. The molecule has 2 aromatic rings. The van der Waals surface area contributed by atoms with E-state index in [0.29, 0.717) is 6.61 Å². The van der Waals surface area contributed by atoms with Crippen LogP contribution in [0.4, 0.5) is 0 Å². The molecule has 112 valence electrons. The number of ether oxygens (including phenoxy) is 1. The van der Waals surface area contributed by atoms with Gasteiger partial charge in [0.1, 0.15) is 12.4 Å². The summed E-state index contributed by atoms with van der Waals surface area (Å²) >= 11 is 7.07. The van der Waals surface area contributed by atoms with Crippen LogP contribution >= 0.6 is 31.9 Å². The largest absolute Gasteiger partial charge is 0.489 e. The highest BCUT2D eigenvalue weighted by atomic mass is 79.9. The predicted molar refractivity (Wildman–Crippen MR) is 94.6 cm³/mol. The van der Waals surface area contributed by atoms with Crippen molar-refractivity contribution in [3.05, 3.63) is 62.5 Å². The monoisotopic (exact) mass is 411 g/mol. The number of hydrogen-bond acceptors (Lipinski definition) is 2. The SMILES string of the molecule is CCCNCc1ccc(COc2cccc(Br)c2)c(Br)c1. The van der Waals surface area contributed by atoms with Crippen LogP contribution in [0.1, 0.15) is 24.5 Å². The fraction of sp³-hybridized carbons (Fsp3) is 0.294. The molecular weight excluding hydrogens is 394 g/mol. The van der Waals surface area contributed by atoms with Crippen LogP contribution in [-0.4, -0.2) is 6.54 Å². The third kappa shape index (κ3) is 5.46. The molecule has 0 saturated carbocycles. The zero-order valence-electron chi connectivity index (χ0n) is 12.0. The number of hydrogen-bond donors (Lipinski definition) is 1. The Morgan fingerprint density at radius 2 is 1.95 bits per heavy atom. The molecule has 0 aromatic heterocycles. The Hall–Kier alpha value is -0.840. The van der Waals surface area contributed by atoms with E-state index in [1.807, 2.05) is 24.3 Å². The molecule has 0 radical (unpaired) electrons. The van der Waals surface area contributed by atoms with E-state index < -0.39 is 0 Å². The van der Waals surface area contributed by atoms with Crippen LogP contribution in [0.15, 0.2) is 51.4 Å². The Morgan fingerprint density at radius 3 is 2.67 bits per heavy atom. The molecule has 2 nitrogen and oxygen atoms in total. The Bertz CT molecular complexity index is 587. The maximum absolute atomic E-state index is 5.82. The van der Waals surface area contributed by atoms with Crippen molar-refractivity contribution in [1.29, 1.82) is 0 Å². The first-order valence-corrected chi connectivity index (χ1v) is 8.64. The molecule has 0 saturated heterocycles. The van der Waals surface area contributed by atoms with Crippen LogP contribution < -0.4 is 10.1 Å². The van der Waals surface area contributed by atoms with Gasteiger partial charge in [-0.25, -0.2) is 0 Å². The highest BCUT2D eigenvalue weighted by Crippen LogP contribution is 2.22. The highest BCUT2D eigenvalue weighted by Gasteiger charge is 2.03. The van der Waals surface area contributed by atoms with Crippen molar-refractivity contribution in [2.45, 2.75) is 26.5 Å². The normalized spacial score (nSPS) is 10.6. The second kappa shape index (κ2) is 8.57. The van der Waals surface area contributed by atoms with E-state index in [4.69, 9.17) is 4.74 Å². The van der Waals surface area contributed by atoms with Gasteiger partial charge in [-0.1, -0.05) is 57.0 Å². The molecule has 0 aliphatic carbocycles. The van der Waals surface area contributed by atoms with Crippen molar-refractivity contribution in [3.63, 3.8) is 0 Å². The lowest BCUT2D eigenvalue weighted by Gasteiger charge is -2.10. The Kier molecular flexibility index (Phi) is 6.74. The van der Waals surface area contributed by atoms with Gasteiger partial charge in [0, 0.05) is 21.1 Å². The average molecular weight is 413 g/mol. The summed E-state index contributed by atoms with van der Waals surface area (Å²) in [6.45, 7) is 4.68. The van der Waals surface area contributed by atoms with Crippen LogP contribution in [0.5, 0.6) is 5.75 Å². The molecule has 0 aliphatic rings. The molecule has 0 amide bonds. The van der Waals surface area contributed by atoms with Crippen LogP contribution in [0.3, 0.4) is 0 Å². The fourth-order valence-electron chi connectivity index (χ4n) is 1.95. The quantitative estimate of drug-likeness (QED) is 0.623. The summed E-state index contributed by atoms with van der Waals surface area (Å²) in [5, 5.41) is 3.40. The van der Waals surface area contributed by atoms with Gasteiger partial charge in [0.15, 0.2) is 0 Å². The minimum absolute atomic E-state index is 0.555. The van der Waals surface area contributed by atoms with Gasteiger partial charge in [-0.2, -0.15) is 0 Å². The van der Waals surface area contributed by atoms with Crippen LogP contribution in [0.2, 0.25) is 0 Å². The molecule has 4 heteroatoms.